The van der Waals surface area contributed by atoms with Gasteiger partial charge in [0.2, 0.25) is 0 Å². The van der Waals surface area contributed by atoms with Crippen molar-refractivity contribution in [2.45, 2.75) is 57.5 Å². The molecule has 0 spiro atoms. The topological polar surface area (TPSA) is 31.4 Å². The summed E-state index contributed by atoms with van der Waals surface area (Å²) in [5, 5.41) is 0. The molecule has 2 heterocycles. The minimum atomic E-state index is -2.58. The van der Waals surface area contributed by atoms with Gasteiger partial charge in [-0.25, -0.2) is 0 Å². The Morgan fingerprint density at radius 1 is 1.33 bits per heavy atom. The summed E-state index contributed by atoms with van der Waals surface area (Å²) in [4.78, 5) is 3.94. The first kappa shape index (κ1) is 6.06. The Labute approximate surface area is 120 Å². The van der Waals surface area contributed by atoms with E-state index in [-0.39, 0.29) is 5.59 Å². The molecule has 1 saturated heterocycles. The first-order valence-electron chi connectivity index (χ1n) is 9.87. The minimum absolute atomic E-state index is 0.104. The molecule has 1 aliphatic carbocycles. The zero-order chi connectivity index (χ0) is 20.1. The van der Waals surface area contributed by atoms with Crippen molar-refractivity contribution in [3.05, 3.63) is 23.8 Å². The van der Waals surface area contributed by atoms with Crippen molar-refractivity contribution in [1.82, 2.24) is 4.98 Å². The maximum atomic E-state index is 8.20. The Bertz CT molecular complexity index is 768. The summed E-state index contributed by atoms with van der Waals surface area (Å²) < 4.78 is 75.2. The van der Waals surface area contributed by atoms with Crippen LogP contribution in [0.25, 0.3) is 0 Å². The number of hydrogen-bond donors (Lipinski definition) is 0. The fourth-order valence-corrected chi connectivity index (χ4v) is 1.64. The molecule has 1 aromatic rings. The number of hydrogen-bond acceptors (Lipinski definition) is 3. The summed E-state index contributed by atoms with van der Waals surface area (Å²) in [6, 6.07) is -1.06. The van der Waals surface area contributed by atoms with Crippen molar-refractivity contribution in [1.29, 1.82) is 0 Å². The third-order valence-corrected chi connectivity index (χ3v) is 3.58. The van der Waals surface area contributed by atoms with E-state index in [1.165, 1.54) is 0 Å². The molecule has 3 nitrogen and oxygen atoms in total. The molecule has 2 aliphatic rings. The van der Waals surface area contributed by atoms with Gasteiger partial charge in [0.15, 0.2) is 0 Å². The molecule has 0 N–H and O–H groups in total. The second-order valence-electron chi connectivity index (χ2n) is 5.45. The van der Waals surface area contributed by atoms with E-state index in [4.69, 9.17) is 20.3 Å². The highest BCUT2D eigenvalue weighted by Gasteiger charge is 2.52. The van der Waals surface area contributed by atoms with Crippen LogP contribution in [0.3, 0.4) is 0 Å². The van der Waals surface area contributed by atoms with E-state index < -0.39 is 60.8 Å². The van der Waals surface area contributed by atoms with Gasteiger partial charge in [0.1, 0.15) is 0 Å². The number of pyridine rings is 1. The van der Waals surface area contributed by atoms with Gasteiger partial charge in [-0.3, -0.25) is 4.98 Å². The molecule has 0 amide bonds. The zero-order valence-electron chi connectivity index (χ0n) is 18.8. The molecular weight excluding hydrogens is 225 g/mol. The smallest absolute Gasteiger partial charge is 0.398 e. The van der Waals surface area contributed by atoms with Gasteiger partial charge in [0.25, 0.3) is 0 Å². The standard InChI is InChI=1S/C14H20BNO2/c1-13(2)14(3,4)18-15(17-13)12-8-7-11(9-16-12)10-5-6-10/h7-10H,5-6H2,1-4H3/i5D2,6D2,7D,8D,9D,10D. The van der Waals surface area contributed by atoms with Crippen molar-refractivity contribution >= 4 is 12.7 Å². The van der Waals surface area contributed by atoms with Crippen molar-refractivity contribution in [3.63, 3.8) is 0 Å². The maximum Gasteiger partial charge on any atom is 0.514 e. The van der Waals surface area contributed by atoms with Crippen LogP contribution in [0.5, 0.6) is 0 Å². The van der Waals surface area contributed by atoms with Crippen LogP contribution in [0.1, 0.15) is 62.9 Å². The fourth-order valence-electron chi connectivity index (χ4n) is 1.64. The molecule has 0 radical (unpaired) electrons. The predicted octanol–water partition coefficient (Wildman–Crippen LogP) is 2.26. The lowest BCUT2D eigenvalue weighted by Crippen LogP contribution is -2.41. The lowest BCUT2D eigenvalue weighted by atomic mass is 9.84. The van der Waals surface area contributed by atoms with Crippen LogP contribution in [-0.2, 0) is 9.31 Å². The van der Waals surface area contributed by atoms with Crippen LogP contribution >= 0.6 is 0 Å². The van der Waals surface area contributed by atoms with Crippen LogP contribution in [0.2, 0.25) is 0 Å². The van der Waals surface area contributed by atoms with E-state index in [2.05, 4.69) is 4.98 Å². The van der Waals surface area contributed by atoms with Crippen molar-refractivity contribution in [2.24, 2.45) is 0 Å². The molecule has 1 saturated carbocycles. The molecule has 0 aromatic carbocycles. The van der Waals surface area contributed by atoms with Crippen LogP contribution in [0.4, 0.5) is 0 Å². The minimum Gasteiger partial charge on any atom is -0.398 e. The van der Waals surface area contributed by atoms with Crippen molar-refractivity contribution in [3.8, 4) is 0 Å². The Morgan fingerprint density at radius 3 is 2.50 bits per heavy atom. The Hall–Kier alpha value is -0.865. The molecule has 1 aliphatic heterocycles. The average molecular weight is 253 g/mol. The molecule has 1 aromatic heterocycles. The molecule has 2 fully saturated rings. The van der Waals surface area contributed by atoms with E-state index >= 15 is 0 Å². The van der Waals surface area contributed by atoms with Crippen molar-refractivity contribution < 1.29 is 20.3 Å². The summed E-state index contributed by atoms with van der Waals surface area (Å²) >= 11 is 0. The van der Waals surface area contributed by atoms with Gasteiger partial charge >= 0.3 is 7.12 Å². The summed E-state index contributed by atoms with van der Waals surface area (Å²) in [6.07, 6.45) is -5.77. The quantitative estimate of drug-likeness (QED) is 0.757. The van der Waals surface area contributed by atoms with Crippen LogP contribution in [0.15, 0.2) is 18.3 Å². The van der Waals surface area contributed by atoms with Gasteiger partial charge in [-0.1, -0.05) is 6.04 Å². The number of aromatic nitrogens is 1. The van der Waals surface area contributed by atoms with Crippen LogP contribution < -0.4 is 5.59 Å². The molecule has 0 unspecified atom stereocenters. The highest BCUT2D eigenvalue weighted by molar-refractivity contribution is 6.61. The first-order chi connectivity index (χ1) is 11.5. The predicted molar refractivity (Wildman–Crippen MR) is 71.9 cm³/mol. The molecule has 96 valence electrons. The molecule has 0 bridgehead atoms. The normalized spacial score (nSPS) is 39.2. The summed E-state index contributed by atoms with van der Waals surface area (Å²) in [5.41, 5.74) is -2.06. The lowest BCUT2D eigenvalue weighted by molar-refractivity contribution is 0.00578. The van der Waals surface area contributed by atoms with Crippen molar-refractivity contribution in [2.75, 3.05) is 0 Å². The largest absolute Gasteiger partial charge is 0.514 e. The molecule has 3 rings (SSSR count). The van der Waals surface area contributed by atoms with Gasteiger partial charge in [0.05, 0.1) is 20.9 Å². The number of rotatable bonds is 2. The first-order valence-corrected chi connectivity index (χ1v) is 5.87. The third-order valence-electron chi connectivity index (χ3n) is 3.58. The van der Waals surface area contributed by atoms with Crippen LogP contribution in [-0.4, -0.2) is 23.3 Å². The van der Waals surface area contributed by atoms with Gasteiger partial charge in [-0.2, -0.15) is 0 Å². The van der Waals surface area contributed by atoms with Crippen LogP contribution in [0, 0.1) is 0 Å². The van der Waals surface area contributed by atoms with Gasteiger partial charge in [0, 0.05) is 13.0 Å². The average Bonchev–Trinajstić information content (AvgIpc) is 2.68. The second kappa shape index (κ2) is 3.81. The lowest BCUT2D eigenvalue weighted by Gasteiger charge is -2.32. The third kappa shape index (κ3) is 1.97. The highest BCUT2D eigenvalue weighted by atomic mass is 16.7. The Morgan fingerprint density at radius 2 is 1.94 bits per heavy atom. The Balaban J connectivity index is 2.10. The summed E-state index contributed by atoms with van der Waals surface area (Å²) in [6.45, 7) is 7.22. The van der Waals surface area contributed by atoms with Gasteiger partial charge < -0.3 is 9.31 Å². The zero-order valence-corrected chi connectivity index (χ0v) is 10.8. The fraction of sp³-hybridized carbons (Fsp3) is 0.643. The SMILES string of the molecule is [2H]c1nc(B2OC(C)(C)C(C)(C)O2)c([2H])c([2H])c1C1([2H])C([2H])([2H])C1([2H])[2H]. The number of nitrogens with zero attached hydrogens (tertiary/aromatic N) is 1. The van der Waals surface area contributed by atoms with E-state index in [0.29, 0.717) is 0 Å². The molecule has 18 heavy (non-hydrogen) atoms. The maximum absolute atomic E-state index is 8.20. The second-order valence-corrected chi connectivity index (χ2v) is 5.45. The monoisotopic (exact) mass is 253 g/mol. The Kier molecular flexibility index (Phi) is 1.28. The highest BCUT2D eigenvalue weighted by Crippen LogP contribution is 2.39. The summed E-state index contributed by atoms with van der Waals surface area (Å²) in [7, 11) is -1.08. The van der Waals surface area contributed by atoms with E-state index in [9.17, 15) is 0 Å². The van der Waals surface area contributed by atoms with E-state index in [1.807, 2.05) is 0 Å². The van der Waals surface area contributed by atoms with Gasteiger partial charge in [-0.05, 0) is 57.9 Å². The summed E-state index contributed by atoms with van der Waals surface area (Å²) in [5.74, 6) is -2.45. The molecule has 0 atom stereocenters. The van der Waals surface area contributed by atoms with E-state index in [1.54, 1.807) is 27.7 Å². The molecule has 4 heteroatoms. The van der Waals surface area contributed by atoms with E-state index in [0.717, 1.165) is 0 Å². The molecular formula is C14H20BNO2. The van der Waals surface area contributed by atoms with Gasteiger partial charge in [-0.15, -0.1) is 0 Å².